The zero-order chi connectivity index (χ0) is 21.4. The predicted octanol–water partition coefficient (Wildman–Crippen LogP) is 3.40. The Bertz CT molecular complexity index is 722. The maximum atomic E-state index is 12.4. The van der Waals surface area contributed by atoms with E-state index in [0.29, 0.717) is 6.61 Å². The molecule has 0 saturated heterocycles. The standard InChI is InChI=1S/C20H30N2O5Si/c1-20(2,3)28(5,6)27-16(12-17(23)18(22-21)19(24)25-4)14-26-13-15-10-8-7-9-11-15/h7-11,16H,12-14H2,1-6H3. The summed E-state index contributed by atoms with van der Waals surface area (Å²) in [6, 6.07) is 9.66. The maximum absolute atomic E-state index is 12.4. The van der Waals surface area contributed by atoms with Gasteiger partial charge in [0.2, 0.25) is 0 Å². The largest absolute Gasteiger partial charge is 0.460 e. The van der Waals surface area contributed by atoms with E-state index in [1.54, 1.807) is 0 Å². The first-order valence-corrected chi connectivity index (χ1v) is 12.1. The minimum absolute atomic E-state index is 0.0655. The second-order valence-corrected chi connectivity index (χ2v) is 12.8. The van der Waals surface area contributed by atoms with Crippen LogP contribution in [-0.4, -0.2) is 50.4 Å². The molecule has 154 valence electrons. The zero-order valence-corrected chi connectivity index (χ0v) is 18.5. The fourth-order valence-corrected chi connectivity index (χ4v) is 3.56. The van der Waals surface area contributed by atoms with Gasteiger partial charge in [-0.25, -0.2) is 4.79 Å². The number of esters is 1. The first-order chi connectivity index (χ1) is 13.0. The van der Waals surface area contributed by atoms with Gasteiger partial charge in [-0.1, -0.05) is 51.1 Å². The van der Waals surface area contributed by atoms with Crippen molar-refractivity contribution < 1.29 is 28.3 Å². The van der Waals surface area contributed by atoms with E-state index < -0.39 is 31.9 Å². The van der Waals surface area contributed by atoms with Crippen molar-refractivity contribution in [1.29, 1.82) is 0 Å². The van der Waals surface area contributed by atoms with Crippen molar-refractivity contribution in [3.05, 3.63) is 41.4 Å². The normalized spacial score (nSPS) is 12.8. The van der Waals surface area contributed by atoms with Gasteiger partial charge in [0.1, 0.15) is 0 Å². The monoisotopic (exact) mass is 406 g/mol. The molecule has 0 aliphatic rings. The summed E-state index contributed by atoms with van der Waals surface area (Å²) < 4.78 is 16.6. The second kappa shape index (κ2) is 10.4. The van der Waals surface area contributed by atoms with Crippen LogP contribution in [0.4, 0.5) is 0 Å². The Kier molecular flexibility index (Phi) is 8.91. The average molecular weight is 407 g/mol. The highest BCUT2D eigenvalue weighted by atomic mass is 28.4. The molecule has 1 atom stereocenters. The highest BCUT2D eigenvalue weighted by Crippen LogP contribution is 2.37. The van der Waals surface area contributed by atoms with E-state index in [2.05, 4.69) is 43.4 Å². The lowest BCUT2D eigenvalue weighted by Crippen LogP contribution is -2.46. The molecule has 1 aromatic carbocycles. The third-order valence-corrected chi connectivity index (χ3v) is 9.37. The summed E-state index contributed by atoms with van der Waals surface area (Å²) in [4.78, 5) is 26.8. The first kappa shape index (κ1) is 23.9. The van der Waals surface area contributed by atoms with Gasteiger partial charge in [0, 0.05) is 6.42 Å². The van der Waals surface area contributed by atoms with Crippen LogP contribution in [0, 0.1) is 0 Å². The van der Waals surface area contributed by atoms with Crippen molar-refractivity contribution >= 4 is 25.8 Å². The molecule has 0 radical (unpaired) electrons. The quantitative estimate of drug-likeness (QED) is 0.148. The van der Waals surface area contributed by atoms with Gasteiger partial charge in [-0.05, 0) is 23.7 Å². The van der Waals surface area contributed by atoms with Crippen LogP contribution in [-0.2, 0) is 30.1 Å². The minimum Gasteiger partial charge on any atom is -0.460 e. The first-order valence-electron chi connectivity index (χ1n) is 9.15. The Morgan fingerprint density at radius 1 is 1.18 bits per heavy atom. The summed E-state index contributed by atoms with van der Waals surface area (Å²) in [5.74, 6) is -1.63. The minimum atomic E-state index is -2.20. The van der Waals surface area contributed by atoms with Gasteiger partial charge in [0.25, 0.3) is 5.78 Å². The van der Waals surface area contributed by atoms with Crippen LogP contribution in [0.5, 0.6) is 0 Å². The van der Waals surface area contributed by atoms with Gasteiger partial charge in [0.05, 0.1) is 26.4 Å². The number of ketones is 1. The molecule has 0 heterocycles. The smallest absolute Gasteiger partial charge is 0.441 e. The fourth-order valence-electron chi connectivity index (χ4n) is 2.22. The lowest BCUT2D eigenvalue weighted by molar-refractivity contribution is -0.140. The number of carbonyl (C=O) groups is 2. The van der Waals surface area contributed by atoms with Crippen molar-refractivity contribution in [2.45, 2.75) is 58.0 Å². The Hall–Kier alpha value is -2.12. The molecule has 1 unspecified atom stereocenters. The van der Waals surface area contributed by atoms with E-state index in [0.717, 1.165) is 12.7 Å². The van der Waals surface area contributed by atoms with E-state index in [-0.39, 0.29) is 18.1 Å². The molecule has 0 bridgehead atoms. The van der Waals surface area contributed by atoms with Gasteiger partial charge >= 0.3 is 11.7 Å². The molecule has 0 saturated carbocycles. The molecular weight excluding hydrogens is 376 g/mol. The summed E-state index contributed by atoms with van der Waals surface area (Å²) in [7, 11) is -1.08. The number of nitrogens with zero attached hydrogens (tertiary/aromatic N) is 2. The lowest BCUT2D eigenvalue weighted by Gasteiger charge is -2.39. The third kappa shape index (κ3) is 7.13. The van der Waals surface area contributed by atoms with E-state index >= 15 is 0 Å². The second-order valence-electron chi connectivity index (χ2n) is 8.07. The summed E-state index contributed by atoms with van der Waals surface area (Å²) in [6.45, 7) is 11.0. The number of rotatable bonds is 10. The molecule has 28 heavy (non-hydrogen) atoms. The number of carbonyl (C=O) groups excluding carboxylic acids is 2. The van der Waals surface area contributed by atoms with Crippen LogP contribution in [0.3, 0.4) is 0 Å². The highest BCUT2D eigenvalue weighted by Gasteiger charge is 2.41. The van der Waals surface area contributed by atoms with E-state index in [1.807, 2.05) is 30.3 Å². The van der Waals surface area contributed by atoms with Crippen molar-refractivity contribution in [2.75, 3.05) is 13.7 Å². The van der Waals surface area contributed by atoms with Gasteiger partial charge in [0.15, 0.2) is 8.32 Å². The molecule has 1 aromatic rings. The maximum Gasteiger partial charge on any atom is 0.441 e. The van der Waals surface area contributed by atoms with Gasteiger partial charge < -0.3 is 19.4 Å². The van der Waals surface area contributed by atoms with Crippen LogP contribution in [0.25, 0.3) is 5.53 Å². The lowest BCUT2D eigenvalue weighted by atomic mass is 10.1. The average Bonchev–Trinajstić information content (AvgIpc) is 2.61. The summed E-state index contributed by atoms with van der Waals surface area (Å²) >= 11 is 0. The van der Waals surface area contributed by atoms with E-state index in [9.17, 15) is 9.59 Å². The number of ether oxygens (including phenoxy) is 2. The molecule has 0 N–H and O–H groups in total. The molecule has 7 nitrogen and oxygen atoms in total. The van der Waals surface area contributed by atoms with Gasteiger partial charge in [-0.3, -0.25) is 4.79 Å². The Morgan fingerprint density at radius 3 is 2.29 bits per heavy atom. The predicted molar refractivity (Wildman–Crippen MR) is 108 cm³/mol. The van der Waals surface area contributed by atoms with Crippen LogP contribution in [0.1, 0.15) is 32.8 Å². The third-order valence-electron chi connectivity index (χ3n) is 4.84. The Morgan fingerprint density at radius 2 is 1.79 bits per heavy atom. The van der Waals surface area contributed by atoms with Gasteiger partial charge in [-0.15, -0.1) is 0 Å². The number of benzene rings is 1. The SMILES string of the molecule is COC(=O)C(=[N+]=[N-])C(=O)CC(COCc1ccccc1)O[Si](C)(C)C(C)(C)C. The summed E-state index contributed by atoms with van der Waals surface area (Å²) in [6.07, 6.45) is -0.714. The summed E-state index contributed by atoms with van der Waals surface area (Å²) in [5.41, 5.74) is 9.36. The number of hydrogen-bond acceptors (Lipinski definition) is 5. The molecule has 0 aliphatic heterocycles. The molecular formula is C20H30N2O5Si. The van der Waals surface area contributed by atoms with Crippen LogP contribution >= 0.6 is 0 Å². The van der Waals surface area contributed by atoms with E-state index in [4.69, 9.17) is 14.7 Å². The molecule has 0 aliphatic carbocycles. The number of Topliss-reactive ketones (excluding diaryl/α,β-unsaturated/α-hetero) is 1. The summed E-state index contributed by atoms with van der Waals surface area (Å²) in [5, 5.41) is -0.0655. The van der Waals surface area contributed by atoms with Crippen molar-refractivity contribution in [2.24, 2.45) is 0 Å². The zero-order valence-electron chi connectivity index (χ0n) is 17.5. The molecule has 0 spiro atoms. The highest BCUT2D eigenvalue weighted by molar-refractivity contribution is 6.74. The van der Waals surface area contributed by atoms with Crippen LogP contribution in [0.15, 0.2) is 30.3 Å². The van der Waals surface area contributed by atoms with Crippen LogP contribution < -0.4 is 0 Å². The fraction of sp³-hybridized carbons (Fsp3) is 0.550. The number of methoxy groups -OCH3 is 1. The Balaban J connectivity index is 2.89. The molecule has 8 heteroatoms. The molecule has 0 amide bonds. The molecule has 1 rings (SSSR count). The Labute approximate surface area is 167 Å². The van der Waals surface area contributed by atoms with Crippen LogP contribution in [0.2, 0.25) is 18.1 Å². The molecule has 0 fully saturated rings. The topological polar surface area (TPSA) is 98.2 Å². The number of hydrogen-bond donors (Lipinski definition) is 0. The van der Waals surface area contributed by atoms with Gasteiger partial charge in [-0.2, -0.15) is 4.79 Å². The van der Waals surface area contributed by atoms with E-state index in [1.165, 1.54) is 0 Å². The van der Waals surface area contributed by atoms with Crippen molar-refractivity contribution in [1.82, 2.24) is 0 Å². The van der Waals surface area contributed by atoms with Crippen molar-refractivity contribution in [3.63, 3.8) is 0 Å². The van der Waals surface area contributed by atoms with Crippen molar-refractivity contribution in [3.8, 4) is 0 Å². The molecule has 0 aromatic heterocycles.